The SMILES string of the molecule is [C-]#[N+]c1ccc(-c2ccc3oc4ccc(-c5ccc6c7c(cccc57)-c5c-6c(-c6ccccc6)c6ccccc6c5-c5ccccc5)cc4c3c2)cc1. The van der Waals surface area contributed by atoms with E-state index in [1.807, 2.05) is 24.3 Å². The van der Waals surface area contributed by atoms with Crippen molar-refractivity contribution in [2.45, 2.75) is 0 Å². The summed E-state index contributed by atoms with van der Waals surface area (Å²) in [5.74, 6) is 0. The average Bonchev–Trinajstić information content (AvgIpc) is 3.76. The molecule has 0 atom stereocenters. The number of fused-ring (bicyclic) bond motifs is 7. The zero-order valence-corrected chi connectivity index (χ0v) is 28.6. The predicted molar refractivity (Wildman–Crippen MR) is 221 cm³/mol. The van der Waals surface area contributed by atoms with Crippen LogP contribution in [0.15, 0.2) is 180 Å². The maximum absolute atomic E-state index is 7.33. The first-order valence-electron chi connectivity index (χ1n) is 18.0. The van der Waals surface area contributed by atoms with E-state index >= 15 is 0 Å². The van der Waals surface area contributed by atoms with Gasteiger partial charge in [0.05, 0.1) is 6.57 Å². The van der Waals surface area contributed by atoms with Crippen molar-refractivity contribution in [2.75, 3.05) is 0 Å². The minimum atomic E-state index is 0.641. The molecule has 0 fully saturated rings. The standard InChI is InChI=1S/C51H29NO/c1-52-36-23-19-31(20-24-36)34-21-27-45-43(29-34)44-30-35(22-28-46(44)53-45)37-25-26-42-49-38(37)17-10-18-41(49)50-47(32-11-4-2-5-12-32)39-15-8-9-16-40(39)48(51(42)50)33-13-6-3-7-14-33/h2-30H. The molecular weight excluding hydrogens is 643 g/mol. The molecule has 0 spiro atoms. The van der Waals surface area contributed by atoms with Crippen LogP contribution in [0.25, 0.3) is 115 Å². The molecule has 0 saturated carbocycles. The van der Waals surface area contributed by atoms with Crippen LogP contribution in [0.3, 0.4) is 0 Å². The van der Waals surface area contributed by atoms with Gasteiger partial charge in [0.2, 0.25) is 0 Å². The molecule has 1 aliphatic carbocycles. The molecular formula is C51H29NO. The molecule has 0 saturated heterocycles. The van der Waals surface area contributed by atoms with Crippen molar-refractivity contribution in [3.8, 4) is 66.8 Å². The number of hydrogen-bond donors (Lipinski definition) is 0. The van der Waals surface area contributed by atoms with Gasteiger partial charge in [-0.3, -0.25) is 0 Å². The second-order valence-corrected chi connectivity index (χ2v) is 13.8. The molecule has 0 unspecified atom stereocenters. The summed E-state index contributed by atoms with van der Waals surface area (Å²) in [6.07, 6.45) is 0. The summed E-state index contributed by atoms with van der Waals surface area (Å²) in [5, 5.41) is 7.24. The van der Waals surface area contributed by atoms with Gasteiger partial charge in [-0.1, -0.05) is 152 Å². The fourth-order valence-corrected chi connectivity index (χ4v) is 8.71. The molecule has 0 bridgehead atoms. The molecule has 244 valence electrons. The Balaban J connectivity index is 1.16. The van der Waals surface area contributed by atoms with Crippen LogP contribution in [0.1, 0.15) is 0 Å². The molecule has 53 heavy (non-hydrogen) atoms. The predicted octanol–water partition coefficient (Wildman–Crippen LogP) is 14.8. The van der Waals surface area contributed by atoms with Gasteiger partial charge in [0.1, 0.15) is 11.2 Å². The second kappa shape index (κ2) is 11.4. The van der Waals surface area contributed by atoms with Crippen LogP contribution in [-0.4, -0.2) is 0 Å². The quantitative estimate of drug-likeness (QED) is 0.170. The van der Waals surface area contributed by atoms with Gasteiger partial charge in [-0.2, -0.15) is 0 Å². The monoisotopic (exact) mass is 671 g/mol. The van der Waals surface area contributed by atoms with Gasteiger partial charge in [0, 0.05) is 10.8 Å². The molecule has 11 rings (SSSR count). The normalized spacial score (nSPS) is 11.8. The van der Waals surface area contributed by atoms with Crippen LogP contribution in [0.4, 0.5) is 5.69 Å². The first kappa shape index (κ1) is 29.5. The fourth-order valence-electron chi connectivity index (χ4n) is 8.71. The van der Waals surface area contributed by atoms with Gasteiger partial charge < -0.3 is 4.42 Å². The lowest BCUT2D eigenvalue weighted by Crippen LogP contribution is -1.93. The molecule has 9 aromatic carbocycles. The van der Waals surface area contributed by atoms with E-state index in [-0.39, 0.29) is 0 Å². The molecule has 2 heteroatoms. The molecule has 1 heterocycles. The Bertz CT molecular complexity index is 3050. The van der Waals surface area contributed by atoms with Crippen LogP contribution >= 0.6 is 0 Å². The molecule has 1 aliphatic rings. The molecule has 0 aliphatic heterocycles. The summed E-state index contributed by atoms with van der Waals surface area (Å²) < 4.78 is 6.36. The smallest absolute Gasteiger partial charge is 0.187 e. The Labute approximate surface area is 306 Å². The van der Waals surface area contributed by atoms with Gasteiger partial charge in [0.25, 0.3) is 0 Å². The Morgan fingerprint density at radius 2 is 0.849 bits per heavy atom. The van der Waals surface area contributed by atoms with E-state index in [0.29, 0.717) is 5.69 Å². The van der Waals surface area contributed by atoms with Gasteiger partial charge >= 0.3 is 0 Å². The van der Waals surface area contributed by atoms with E-state index in [9.17, 15) is 0 Å². The van der Waals surface area contributed by atoms with E-state index in [1.54, 1.807) is 0 Å². The Morgan fingerprint density at radius 1 is 0.340 bits per heavy atom. The van der Waals surface area contributed by atoms with E-state index in [0.717, 1.165) is 38.6 Å². The Kier molecular flexibility index (Phi) is 6.35. The maximum Gasteiger partial charge on any atom is 0.187 e. The van der Waals surface area contributed by atoms with E-state index in [2.05, 4.69) is 157 Å². The molecule has 1 aromatic heterocycles. The molecule has 0 radical (unpaired) electrons. The van der Waals surface area contributed by atoms with Crippen molar-refractivity contribution in [3.63, 3.8) is 0 Å². The number of hydrogen-bond acceptors (Lipinski definition) is 1. The van der Waals surface area contributed by atoms with Crippen LogP contribution in [0.2, 0.25) is 0 Å². The van der Waals surface area contributed by atoms with E-state index < -0.39 is 0 Å². The molecule has 0 N–H and O–H groups in total. The maximum atomic E-state index is 7.33. The summed E-state index contributed by atoms with van der Waals surface area (Å²) >= 11 is 0. The van der Waals surface area contributed by atoms with Gasteiger partial charge in [-0.15, -0.1) is 0 Å². The minimum Gasteiger partial charge on any atom is -0.456 e. The lowest BCUT2D eigenvalue weighted by molar-refractivity contribution is 0.669. The van der Waals surface area contributed by atoms with Crippen molar-refractivity contribution in [1.82, 2.24) is 0 Å². The zero-order valence-electron chi connectivity index (χ0n) is 28.6. The first-order chi connectivity index (χ1) is 26.2. The third-order valence-corrected chi connectivity index (χ3v) is 11.0. The van der Waals surface area contributed by atoms with E-state index in [1.165, 1.54) is 71.6 Å². The summed E-state index contributed by atoms with van der Waals surface area (Å²) in [7, 11) is 0. The number of furan rings is 1. The topological polar surface area (TPSA) is 17.5 Å². The minimum absolute atomic E-state index is 0.641. The average molecular weight is 672 g/mol. The number of rotatable bonds is 4. The summed E-state index contributed by atoms with van der Waals surface area (Å²) in [4.78, 5) is 3.56. The largest absolute Gasteiger partial charge is 0.456 e. The fraction of sp³-hybridized carbons (Fsp3) is 0. The lowest BCUT2D eigenvalue weighted by atomic mass is 9.82. The van der Waals surface area contributed by atoms with E-state index in [4.69, 9.17) is 11.0 Å². The van der Waals surface area contributed by atoms with Gasteiger partial charge in [0.15, 0.2) is 5.69 Å². The van der Waals surface area contributed by atoms with Crippen molar-refractivity contribution in [3.05, 3.63) is 187 Å². The van der Waals surface area contributed by atoms with Crippen molar-refractivity contribution in [1.29, 1.82) is 0 Å². The van der Waals surface area contributed by atoms with Crippen molar-refractivity contribution >= 4 is 49.2 Å². The lowest BCUT2D eigenvalue weighted by Gasteiger charge is -2.20. The highest BCUT2D eigenvalue weighted by atomic mass is 16.3. The summed E-state index contributed by atoms with van der Waals surface area (Å²) in [6, 6.07) is 62.9. The molecule has 2 nitrogen and oxygen atoms in total. The third kappa shape index (κ3) is 4.38. The Morgan fingerprint density at radius 3 is 1.47 bits per heavy atom. The van der Waals surface area contributed by atoms with Crippen LogP contribution in [-0.2, 0) is 0 Å². The Hall–Kier alpha value is -7.21. The molecule has 0 amide bonds. The summed E-state index contributed by atoms with van der Waals surface area (Å²) in [6.45, 7) is 7.33. The highest BCUT2D eigenvalue weighted by molar-refractivity contribution is 6.29. The van der Waals surface area contributed by atoms with Crippen LogP contribution < -0.4 is 0 Å². The second-order valence-electron chi connectivity index (χ2n) is 13.8. The zero-order chi connectivity index (χ0) is 35.0. The number of benzene rings is 9. The van der Waals surface area contributed by atoms with Gasteiger partial charge in [-0.05, 0) is 113 Å². The summed E-state index contributed by atoms with van der Waals surface area (Å²) in [5.41, 5.74) is 17.1. The van der Waals surface area contributed by atoms with Crippen molar-refractivity contribution in [2.24, 2.45) is 0 Å². The van der Waals surface area contributed by atoms with Crippen LogP contribution in [0, 0.1) is 6.57 Å². The van der Waals surface area contributed by atoms with Crippen LogP contribution in [0.5, 0.6) is 0 Å². The van der Waals surface area contributed by atoms with Crippen molar-refractivity contribution < 1.29 is 4.42 Å². The highest BCUT2D eigenvalue weighted by Gasteiger charge is 2.31. The molecule has 10 aromatic rings. The highest BCUT2D eigenvalue weighted by Crippen LogP contribution is 2.58. The first-order valence-corrected chi connectivity index (χ1v) is 18.0. The third-order valence-electron chi connectivity index (χ3n) is 11.0. The number of nitrogens with zero attached hydrogens (tertiary/aromatic N) is 1. The van der Waals surface area contributed by atoms with Gasteiger partial charge in [-0.25, -0.2) is 4.85 Å².